The largest absolute Gasteiger partial charge is 0.244 e. The fourth-order valence-electron chi connectivity index (χ4n) is 9.35. The molecule has 4 aliphatic rings. The van der Waals surface area contributed by atoms with Crippen molar-refractivity contribution in [3.05, 3.63) is 0 Å². The highest BCUT2D eigenvalue weighted by molar-refractivity contribution is 4.94. The van der Waals surface area contributed by atoms with Gasteiger partial charge in [0.25, 0.3) is 0 Å². The fraction of sp³-hybridized carbons (Fsp3) is 1.00. The second kappa shape index (κ2) is 15.1. The van der Waals surface area contributed by atoms with Crippen LogP contribution in [0.4, 0.5) is 17.6 Å². The Morgan fingerprint density at radius 2 is 0.895 bits per heavy atom. The lowest BCUT2D eigenvalue weighted by Crippen LogP contribution is -2.42. The van der Waals surface area contributed by atoms with Crippen LogP contribution in [0, 0.1) is 47.3 Å². The lowest BCUT2D eigenvalue weighted by atomic mass is 9.65. The lowest BCUT2D eigenvalue weighted by Gasteiger charge is -2.42. The highest BCUT2D eigenvalue weighted by Gasteiger charge is 2.45. The molecule has 0 spiro atoms. The Morgan fingerprint density at radius 3 is 1.37 bits per heavy atom. The third-order valence-electron chi connectivity index (χ3n) is 11.9. The molecule has 4 heteroatoms. The monoisotopic (exact) mass is 542 g/mol. The van der Waals surface area contributed by atoms with Crippen molar-refractivity contribution in [1.29, 1.82) is 0 Å². The molecule has 0 aromatic rings. The van der Waals surface area contributed by atoms with Crippen molar-refractivity contribution in [2.75, 3.05) is 0 Å². The van der Waals surface area contributed by atoms with E-state index in [9.17, 15) is 8.78 Å². The first-order valence-corrected chi connectivity index (χ1v) is 17.0. The van der Waals surface area contributed by atoms with Crippen molar-refractivity contribution < 1.29 is 17.6 Å². The molecule has 0 aliphatic heterocycles. The van der Waals surface area contributed by atoms with Crippen LogP contribution in [0.3, 0.4) is 0 Å². The van der Waals surface area contributed by atoms with Crippen molar-refractivity contribution in [2.45, 2.75) is 167 Å². The minimum absolute atomic E-state index is 0.0614. The van der Waals surface area contributed by atoms with Crippen molar-refractivity contribution in [3.8, 4) is 0 Å². The molecule has 4 aliphatic carbocycles. The minimum Gasteiger partial charge on any atom is -0.244 e. The molecule has 0 heterocycles. The summed E-state index contributed by atoms with van der Waals surface area (Å²) in [5.74, 6) is 1.68. The van der Waals surface area contributed by atoms with Gasteiger partial charge in [-0.25, -0.2) is 17.6 Å². The molecule has 8 atom stereocenters. The summed E-state index contributed by atoms with van der Waals surface area (Å²) in [5.41, 5.74) is 0. The smallest absolute Gasteiger partial charge is 0.134 e. The zero-order valence-electron chi connectivity index (χ0n) is 24.6. The lowest BCUT2D eigenvalue weighted by molar-refractivity contribution is -0.0203. The van der Waals surface area contributed by atoms with Gasteiger partial charge >= 0.3 is 0 Å². The quantitative estimate of drug-likeness (QED) is 0.180. The van der Waals surface area contributed by atoms with E-state index in [0.717, 1.165) is 95.8 Å². The number of rotatable bonds is 11. The molecule has 4 fully saturated rings. The molecule has 4 saturated carbocycles. The van der Waals surface area contributed by atoms with E-state index in [0.29, 0.717) is 17.8 Å². The van der Waals surface area contributed by atoms with E-state index in [4.69, 9.17) is 0 Å². The zero-order valence-corrected chi connectivity index (χ0v) is 24.6. The van der Waals surface area contributed by atoms with E-state index in [1.807, 2.05) is 0 Å². The molecule has 0 bridgehead atoms. The number of alkyl halides is 4. The molecule has 0 amide bonds. The van der Waals surface area contributed by atoms with Crippen molar-refractivity contribution in [1.82, 2.24) is 0 Å². The average Bonchev–Trinajstić information content (AvgIpc) is 2.93. The van der Waals surface area contributed by atoms with Crippen LogP contribution in [0.25, 0.3) is 0 Å². The highest BCUT2D eigenvalue weighted by atomic mass is 19.2. The van der Waals surface area contributed by atoms with Gasteiger partial charge < -0.3 is 0 Å². The number of hydrogen-bond acceptors (Lipinski definition) is 0. The zero-order chi connectivity index (χ0) is 27.1. The first-order valence-electron chi connectivity index (χ1n) is 17.0. The van der Waals surface area contributed by atoms with E-state index in [-0.39, 0.29) is 23.7 Å². The van der Waals surface area contributed by atoms with Gasteiger partial charge in [-0.3, -0.25) is 0 Å². The Hall–Kier alpha value is -0.280. The minimum atomic E-state index is -1.29. The Labute approximate surface area is 231 Å². The van der Waals surface area contributed by atoms with Crippen LogP contribution < -0.4 is 0 Å². The van der Waals surface area contributed by atoms with Crippen LogP contribution in [-0.2, 0) is 0 Å². The highest BCUT2D eigenvalue weighted by Crippen LogP contribution is 2.48. The molecule has 222 valence electrons. The number of halogens is 4. The SMILES string of the molecule is CCCCCC1CCC(C2CCC(CCC3CCC(C4CCC(CCC)[C@H](F)C4F)CC3)C(F)C2F)CC1. The van der Waals surface area contributed by atoms with Crippen molar-refractivity contribution >= 4 is 0 Å². The van der Waals surface area contributed by atoms with Crippen molar-refractivity contribution in [3.63, 3.8) is 0 Å². The Balaban J connectivity index is 1.15. The molecule has 0 aromatic carbocycles. The van der Waals surface area contributed by atoms with Gasteiger partial charge in [-0.2, -0.15) is 0 Å². The third kappa shape index (κ3) is 7.71. The Kier molecular flexibility index (Phi) is 12.2. The van der Waals surface area contributed by atoms with Crippen LogP contribution >= 0.6 is 0 Å². The van der Waals surface area contributed by atoms with Crippen molar-refractivity contribution in [2.24, 2.45) is 47.3 Å². The van der Waals surface area contributed by atoms with Gasteiger partial charge in [-0.1, -0.05) is 78.1 Å². The molecule has 0 nitrogen and oxygen atoms in total. The summed E-state index contributed by atoms with van der Waals surface area (Å²) in [6.45, 7) is 4.30. The van der Waals surface area contributed by atoms with Gasteiger partial charge in [0.15, 0.2) is 0 Å². The summed E-state index contributed by atoms with van der Waals surface area (Å²) < 4.78 is 60.3. The van der Waals surface area contributed by atoms with Gasteiger partial charge in [0.1, 0.15) is 24.7 Å². The molecule has 0 radical (unpaired) electrons. The van der Waals surface area contributed by atoms with Crippen LogP contribution in [0.5, 0.6) is 0 Å². The molecule has 38 heavy (non-hydrogen) atoms. The number of hydrogen-bond donors (Lipinski definition) is 0. The van der Waals surface area contributed by atoms with E-state index in [1.54, 1.807) is 0 Å². The predicted molar refractivity (Wildman–Crippen MR) is 151 cm³/mol. The van der Waals surface area contributed by atoms with E-state index in [2.05, 4.69) is 13.8 Å². The van der Waals surface area contributed by atoms with E-state index < -0.39 is 24.7 Å². The first-order chi connectivity index (χ1) is 18.4. The molecule has 0 aromatic heterocycles. The maximum atomic E-state index is 15.3. The van der Waals surface area contributed by atoms with Crippen LogP contribution in [0.1, 0.15) is 142 Å². The van der Waals surface area contributed by atoms with Gasteiger partial charge in [-0.15, -0.1) is 0 Å². The predicted octanol–water partition coefficient (Wildman–Crippen LogP) is 11.2. The van der Waals surface area contributed by atoms with Crippen LogP contribution in [0.2, 0.25) is 0 Å². The standard InChI is InChI=1S/C34H58F4/c1-3-5-6-8-23-9-14-25(15-10-23)30-22-20-28(32(36)34(30)38)18-13-24-11-16-26(17-12-24)29-21-19-27(7-4-2)31(35)33(29)37/h23-34H,3-22H2,1-2H3/t23?,24?,25?,26?,27?,28?,29?,30?,31-,32?,33?,34?/m0/s1. The normalized spacial score (nSPS) is 44.7. The summed E-state index contributed by atoms with van der Waals surface area (Å²) in [6.07, 6.45) is 15.7. The topological polar surface area (TPSA) is 0 Å². The molecular weight excluding hydrogens is 484 g/mol. The van der Waals surface area contributed by atoms with Gasteiger partial charge in [-0.05, 0) is 112 Å². The molecule has 0 N–H and O–H groups in total. The molecule has 7 unspecified atom stereocenters. The Morgan fingerprint density at radius 1 is 0.421 bits per heavy atom. The second-order valence-electron chi connectivity index (χ2n) is 14.2. The summed E-state index contributed by atoms with van der Waals surface area (Å²) in [4.78, 5) is 0. The average molecular weight is 543 g/mol. The van der Waals surface area contributed by atoms with Gasteiger partial charge in [0.05, 0.1) is 0 Å². The first kappa shape index (κ1) is 30.7. The molecule has 0 saturated heterocycles. The van der Waals surface area contributed by atoms with Gasteiger partial charge in [0.2, 0.25) is 0 Å². The number of unbranched alkanes of at least 4 members (excludes halogenated alkanes) is 2. The third-order valence-corrected chi connectivity index (χ3v) is 11.9. The van der Waals surface area contributed by atoms with Crippen LogP contribution in [0.15, 0.2) is 0 Å². The fourth-order valence-corrected chi connectivity index (χ4v) is 9.35. The second-order valence-corrected chi connectivity index (χ2v) is 14.2. The van der Waals surface area contributed by atoms with E-state index in [1.165, 1.54) is 38.5 Å². The maximum absolute atomic E-state index is 15.3. The summed E-state index contributed by atoms with van der Waals surface area (Å²) >= 11 is 0. The summed E-state index contributed by atoms with van der Waals surface area (Å²) in [5, 5.41) is 0. The summed E-state index contributed by atoms with van der Waals surface area (Å²) in [7, 11) is 0. The Bertz CT molecular complexity index is 653. The molecular formula is C34H58F4. The van der Waals surface area contributed by atoms with E-state index >= 15 is 8.78 Å². The van der Waals surface area contributed by atoms with Gasteiger partial charge in [0, 0.05) is 0 Å². The molecule has 4 rings (SSSR count). The van der Waals surface area contributed by atoms with Crippen LogP contribution in [-0.4, -0.2) is 24.7 Å². The maximum Gasteiger partial charge on any atom is 0.134 e. The summed E-state index contributed by atoms with van der Waals surface area (Å²) in [6, 6.07) is 0.